The first-order valence-electron chi connectivity index (χ1n) is 8.64. The van der Waals surface area contributed by atoms with E-state index in [1.165, 1.54) is 64.6 Å². The van der Waals surface area contributed by atoms with Crippen LogP contribution in [-0.2, 0) is 0 Å². The molecule has 3 atom stereocenters. The summed E-state index contributed by atoms with van der Waals surface area (Å²) in [7, 11) is 0. The molecule has 0 amide bonds. The van der Waals surface area contributed by atoms with Crippen LogP contribution in [0.3, 0.4) is 0 Å². The predicted molar refractivity (Wildman–Crippen MR) is 83.5 cm³/mol. The van der Waals surface area contributed by atoms with Crippen LogP contribution in [0, 0.1) is 11.8 Å². The molecule has 1 aliphatic heterocycles. The normalized spacial score (nSPS) is 35.1. The van der Waals surface area contributed by atoms with E-state index in [1.54, 1.807) is 0 Å². The highest BCUT2D eigenvalue weighted by Crippen LogP contribution is 2.28. The second-order valence-electron chi connectivity index (χ2n) is 7.31. The van der Waals surface area contributed by atoms with Crippen molar-refractivity contribution in [3.8, 4) is 0 Å². The van der Waals surface area contributed by atoms with Crippen molar-refractivity contribution in [3.05, 3.63) is 0 Å². The topological polar surface area (TPSA) is 15.3 Å². The summed E-state index contributed by atoms with van der Waals surface area (Å²) < 4.78 is 0. The molecule has 1 heterocycles. The van der Waals surface area contributed by atoms with Gasteiger partial charge in [0.25, 0.3) is 0 Å². The van der Waals surface area contributed by atoms with Crippen molar-refractivity contribution in [3.63, 3.8) is 0 Å². The molecular formula is C17H34N2. The minimum absolute atomic E-state index is 0.720. The molecule has 19 heavy (non-hydrogen) atoms. The highest BCUT2D eigenvalue weighted by molar-refractivity contribution is 4.85. The summed E-state index contributed by atoms with van der Waals surface area (Å²) in [6.07, 6.45) is 9.92. The van der Waals surface area contributed by atoms with Gasteiger partial charge in [-0.05, 0) is 50.6 Å². The van der Waals surface area contributed by atoms with Crippen molar-refractivity contribution < 1.29 is 0 Å². The highest BCUT2D eigenvalue weighted by atomic mass is 15.2. The van der Waals surface area contributed by atoms with Crippen molar-refractivity contribution in [2.24, 2.45) is 11.8 Å². The molecule has 112 valence electrons. The molecule has 0 spiro atoms. The molecule has 0 aromatic rings. The lowest BCUT2D eigenvalue weighted by atomic mass is 9.94. The molecular weight excluding hydrogens is 232 g/mol. The maximum absolute atomic E-state index is 3.77. The Kier molecular flexibility index (Phi) is 6.15. The van der Waals surface area contributed by atoms with Gasteiger partial charge in [-0.15, -0.1) is 0 Å². The molecule has 2 aliphatic rings. The van der Waals surface area contributed by atoms with Gasteiger partial charge in [0, 0.05) is 18.6 Å². The zero-order chi connectivity index (χ0) is 13.7. The van der Waals surface area contributed by atoms with Crippen molar-refractivity contribution in [2.45, 2.75) is 77.8 Å². The van der Waals surface area contributed by atoms with Gasteiger partial charge in [-0.1, -0.05) is 40.0 Å². The summed E-state index contributed by atoms with van der Waals surface area (Å²) >= 11 is 0. The molecule has 2 fully saturated rings. The Morgan fingerprint density at radius 2 is 1.89 bits per heavy atom. The summed E-state index contributed by atoms with van der Waals surface area (Å²) in [5.74, 6) is 1.71. The zero-order valence-corrected chi connectivity index (χ0v) is 13.3. The van der Waals surface area contributed by atoms with Gasteiger partial charge in [0.2, 0.25) is 0 Å². The third-order valence-corrected chi connectivity index (χ3v) is 5.05. The molecule has 0 radical (unpaired) electrons. The summed E-state index contributed by atoms with van der Waals surface area (Å²) in [6, 6.07) is 1.58. The van der Waals surface area contributed by atoms with Gasteiger partial charge < -0.3 is 5.32 Å². The first kappa shape index (κ1) is 15.3. The van der Waals surface area contributed by atoms with Gasteiger partial charge in [0.1, 0.15) is 0 Å². The summed E-state index contributed by atoms with van der Waals surface area (Å²) in [5.41, 5.74) is 0. The van der Waals surface area contributed by atoms with Crippen molar-refractivity contribution >= 4 is 0 Å². The second kappa shape index (κ2) is 7.64. The van der Waals surface area contributed by atoms with Gasteiger partial charge in [-0.25, -0.2) is 0 Å². The fourth-order valence-corrected chi connectivity index (χ4v) is 4.07. The van der Waals surface area contributed by atoms with Crippen LogP contribution in [0.4, 0.5) is 0 Å². The number of nitrogens with zero attached hydrogens (tertiary/aromatic N) is 1. The lowest BCUT2D eigenvalue weighted by Gasteiger charge is -2.36. The molecule has 1 N–H and O–H groups in total. The van der Waals surface area contributed by atoms with Gasteiger partial charge in [0.05, 0.1) is 0 Å². The molecule has 0 aromatic carbocycles. The monoisotopic (exact) mass is 266 g/mol. The van der Waals surface area contributed by atoms with Crippen LogP contribution >= 0.6 is 0 Å². The quantitative estimate of drug-likeness (QED) is 0.784. The summed E-state index contributed by atoms with van der Waals surface area (Å²) in [5, 5.41) is 3.77. The SMILES string of the molecule is CC(C)CC1CN(C2CCCCCC2C)CCCN1. The lowest BCUT2D eigenvalue weighted by Crippen LogP contribution is -2.45. The first-order chi connectivity index (χ1) is 9.16. The minimum atomic E-state index is 0.720. The van der Waals surface area contributed by atoms with Crippen LogP contribution in [-0.4, -0.2) is 36.6 Å². The molecule has 2 heteroatoms. The molecule has 0 bridgehead atoms. The lowest BCUT2D eigenvalue weighted by molar-refractivity contribution is 0.134. The highest BCUT2D eigenvalue weighted by Gasteiger charge is 2.28. The number of nitrogens with one attached hydrogen (secondary N) is 1. The van der Waals surface area contributed by atoms with E-state index in [0.29, 0.717) is 0 Å². The molecule has 3 unspecified atom stereocenters. The van der Waals surface area contributed by atoms with Crippen molar-refractivity contribution in [1.29, 1.82) is 0 Å². The Labute approximate surface area is 120 Å². The van der Waals surface area contributed by atoms with E-state index in [0.717, 1.165) is 23.9 Å². The maximum Gasteiger partial charge on any atom is 0.0197 e. The third kappa shape index (κ3) is 4.75. The van der Waals surface area contributed by atoms with Gasteiger partial charge >= 0.3 is 0 Å². The molecule has 0 aromatic heterocycles. The Hall–Kier alpha value is -0.0800. The van der Waals surface area contributed by atoms with Crippen LogP contribution in [0.15, 0.2) is 0 Å². The third-order valence-electron chi connectivity index (χ3n) is 5.05. The van der Waals surface area contributed by atoms with Crippen LogP contribution in [0.5, 0.6) is 0 Å². The summed E-state index contributed by atoms with van der Waals surface area (Å²) in [4.78, 5) is 2.84. The Balaban J connectivity index is 1.95. The van der Waals surface area contributed by atoms with Crippen LogP contribution in [0.25, 0.3) is 0 Å². The van der Waals surface area contributed by atoms with Gasteiger partial charge in [-0.3, -0.25) is 4.90 Å². The molecule has 2 nitrogen and oxygen atoms in total. The smallest absolute Gasteiger partial charge is 0.0197 e. The van der Waals surface area contributed by atoms with E-state index in [2.05, 4.69) is 31.0 Å². The zero-order valence-electron chi connectivity index (χ0n) is 13.3. The van der Waals surface area contributed by atoms with Gasteiger partial charge in [0.15, 0.2) is 0 Å². The minimum Gasteiger partial charge on any atom is -0.313 e. The van der Waals surface area contributed by atoms with E-state index in [9.17, 15) is 0 Å². The van der Waals surface area contributed by atoms with Gasteiger partial charge in [-0.2, -0.15) is 0 Å². The largest absolute Gasteiger partial charge is 0.313 e. The average Bonchev–Trinajstić information content (AvgIpc) is 2.69. The Morgan fingerprint density at radius 3 is 2.68 bits per heavy atom. The average molecular weight is 266 g/mol. The Bertz CT molecular complexity index is 252. The van der Waals surface area contributed by atoms with Crippen LogP contribution < -0.4 is 5.32 Å². The molecule has 1 saturated heterocycles. The molecule has 1 aliphatic carbocycles. The standard InChI is InChI=1S/C17H34N2/c1-14(2)12-16-13-19(11-7-10-18-16)17-9-6-4-5-8-15(17)3/h14-18H,4-13H2,1-3H3. The molecule has 2 rings (SSSR count). The second-order valence-corrected chi connectivity index (χ2v) is 7.31. The van der Waals surface area contributed by atoms with Crippen LogP contribution in [0.2, 0.25) is 0 Å². The fourth-order valence-electron chi connectivity index (χ4n) is 4.07. The van der Waals surface area contributed by atoms with E-state index in [-0.39, 0.29) is 0 Å². The molecule has 1 saturated carbocycles. The van der Waals surface area contributed by atoms with Crippen molar-refractivity contribution in [1.82, 2.24) is 10.2 Å². The first-order valence-corrected chi connectivity index (χ1v) is 8.64. The number of hydrogen-bond donors (Lipinski definition) is 1. The number of hydrogen-bond acceptors (Lipinski definition) is 2. The van der Waals surface area contributed by atoms with E-state index in [4.69, 9.17) is 0 Å². The van der Waals surface area contributed by atoms with E-state index in [1.807, 2.05) is 0 Å². The fraction of sp³-hybridized carbons (Fsp3) is 1.00. The predicted octanol–water partition coefficient (Wildman–Crippen LogP) is 3.67. The summed E-state index contributed by atoms with van der Waals surface area (Å²) in [6.45, 7) is 11.0. The van der Waals surface area contributed by atoms with E-state index >= 15 is 0 Å². The maximum atomic E-state index is 3.77. The number of rotatable bonds is 3. The van der Waals surface area contributed by atoms with Crippen molar-refractivity contribution in [2.75, 3.05) is 19.6 Å². The van der Waals surface area contributed by atoms with E-state index < -0.39 is 0 Å². The van der Waals surface area contributed by atoms with Crippen LogP contribution in [0.1, 0.15) is 65.7 Å². The Morgan fingerprint density at radius 1 is 1.11 bits per heavy atom.